The highest BCUT2D eigenvalue weighted by molar-refractivity contribution is 7.98. The lowest BCUT2D eigenvalue weighted by atomic mass is 10.1. The number of carbonyl (C=O) groups excluding carboxylic acids is 1. The molecule has 0 radical (unpaired) electrons. The van der Waals surface area contributed by atoms with Gasteiger partial charge in [-0.15, -0.1) is 21.5 Å². The zero-order valence-electron chi connectivity index (χ0n) is 17.7. The van der Waals surface area contributed by atoms with E-state index in [1.807, 2.05) is 31.4 Å². The lowest BCUT2D eigenvalue weighted by molar-refractivity contribution is 0.0465. The molecule has 0 aliphatic carbocycles. The van der Waals surface area contributed by atoms with E-state index < -0.39 is 17.2 Å². The van der Waals surface area contributed by atoms with Gasteiger partial charge in [-0.25, -0.2) is 4.79 Å². The van der Waals surface area contributed by atoms with Crippen LogP contribution in [0.1, 0.15) is 51.2 Å². The van der Waals surface area contributed by atoms with Crippen LogP contribution >= 0.6 is 23.1 Å². The molecule has 3 heterocycles. The zero-order valence-corrected chi connectivity index (χ0v) is 19.3. The highest BCUT2D eigenvalue weighted by atomic mass is 32.2. The van der Waals surface area contributed by atoms with Gasteiger partial charge in [-0.2, -0.15) is 4.98 Å². The first-order valence-electron chi connectivity index (χ1n) is 9.49. The van der Waals surface area contributed by atoms with Gasteiger partial charge >= 0.3 is 6.09 Å². The molecule has 0 aliphatic heterocycles. The lowest BCUT2D eigenvalue weighted by Crippen LogP contribution is -2.44. The summed E-state index contributed by atoms with van der Waals surface area (Å²) in [5.41, 5.74) is -1.42. The molecule has 0 unspecified atom stereocenters. The Morgan fingerprint density at radius 3 is 2.83 bits per heavy atom. The first-order valence-corrected chi connectivity index (χ1v) is 11.4. The van der Waals surface area contributed by atoms with E-state index >= 15 is 0 Å². The predicted molar refractivity (Wildman–Crippen MR) is 114 cm³/mol. The third-order valence-electron chi connectivity index (χ3n) is 3.92. The molecule has 9 nitrogen and oxygen atoms in total. The first-order chi connectivity index (χ1) is 14.1. The van der Waals surface area contributed by atoms with Crippen LogP contribution in [0.4, 0.5) is 4.79 Å². The maximum Gasteiger partial charge on any atom is 0.408 e. The minimum Gasteiger partial charge on any atom is -0.444 e. The van der Waals surface area contributed by atoms with Crippen molar-refractivity contribution in [3.63, 3.8) is 0 Å². The van der Waals surface area contributed by atoms with Crippen molar-refractivity contribution in [1.82, 2.24) is 30.2 Å². The summed E-state index contributed by atoms with van der Waals surface area (Å²) in [6.07, 6.45) is 2.12. The SMILES string of the molecule is CC(C)(C)OC(=O)NC(C)(C)c1noc(CSc2nncn2CCc2cccs2)n1. The van der Waals surface area contributed by atoms with Crippen molar-refractivity contribution in [3.8, 4) is 0 Å². The molecule has 0 fully saturated rings. The second kappa shape index (κ2) is 9.17. The molecule has 3 aromatic heterocycles. The van der Waals surface area contributed by atoms with Crippen LogP contribution in [0.15, 0.2) is 33.5 Å². The Morgan fingerprint density at radius 2 is 2.13 bits per heavy atom. The van der Waals surface area contributed by atoms with E-state index in [0.29, 0.717) is 17.5 Å². The van der Waals surface area contributed by atoms with Crippen LogP contribution in [0.25, 0.3) is 0 Å². The molecule has 0 saturated heterocycles. The smallest absolute Gasteiger partial charge is 0.408 e. The van der Waals surface area contributed by atoms with E-state index in [9.17, 15) is 4.79 Å². The minimum atomic E-state index is -0.838. The second-order valence-corrected chi connectivity index (χ2v) is 10.2. The standard InChI is InChI=1S/C19H26N6O3S2/c1-18(2,3)27-17(26)22-19(4,5)15-21-14(28-24-15)11-30-16-23-20-12-25(16)9-8-13-7-6-10-29-13/h6-7,10,12H,8-9,11H2,1-5H3,(H,22,26). The number of carbonyl (C=O) groups is 1. The highest BCUT2D eigenvalue weighted by Gasteiger charge is 2.31. The number of amides is 1. The molecule has 0 bridgehead atoms. The molecule has 162 valence electrons. The highest BCUT2D eigenvalue weighted by Crippen LogP contribution is 2.23. The summed E-state index contributed by atoms with van der Waals surface area (Å²) >= 11 is 3.21. The van der Waals surface area contributed by atoms with Gasteiger partial charge in [0.2, 0.25) is 5.89 Å². The van der Waals surface area contributed by atoms with Gasteiger partial charge in [0.1, 0.15) is 17.5 Å². The van der Waals surface area contributed by atoms with Crippen molar-refractivity contribution < 1.29 is 14.1 Å². The van der Waals surface area contributed by atoms with Crippen molar-refractivity contribution >= 4 is 29.2 Å². The fraction of sp³-hybridized carbons (Fsp3) is 0.526. The average molecular weight is 451 g/mol. The van der Waals surface area contributed by atoms with Crippen LogP contribution < -0.4 is 5.32 Å². The Hall–Kier alpha value is -2.40. The van der Waals surface area contributed by atoms with E-state index in [1.165, 1.54) is 16.6 Å². The maximum absolute atomic E-state index is 12.1. The molecular formula is C19H26N6O3S2. The van der Waals surface area contributed by atoms with Gasteiger partial charge in [0.25, 0.3) is 0 Å². The van der Waals surface area contributed by atoms with E-state index in [2.05, 4.69) is 37.1 Å². The summed E-state index contributed by atoms with van der Waals surface area (Å²) in [5.74, 6) is 1.28. The molecule has 0 spiro atoms. The molecule has 30 heavy (non-hydrogen) atoms. The van der Waals surface area contributed by atoms with Gasteiger partial charge in [-0.1, -0.05) is 23.0 Å². The molecule has 0 atom stereocenters. The summed E-state index contributed by atoms with van der Waals surface area (Å²) in [5, 5.41) is 17.8. The molecule has 3 aromatic rings. The van der Waals surface area contributed by atoms with E-state index in [-0.39, 0.29) is 0 Å². The Morgan fingerprint density at radius 1 is 1.33 bits per heavy atom. The summed E-state index contributed by atoms with van der Waals surface area (Å²) in [6, 6.07) is 4.17. The van der Waals surface area contributed by atoms with Gasteiger partial charge in [0.05, 0.1) is 5.75 Å². The van der Waals surface area contributed by atoms with Crippen LogP contribution in [0.2, 0.25) is 0 Å². The number of nitrogens with one attached hydrogen (secondary N) is 1. The lowest BCUT2D eigenvalue weighted by Gasteiger charge is -2.26. The van der Waals surface area contributed by atoms with Crippen LogP contribution in [-0.4, -0.2) is 36.6 Å². The Bertz CT molecular complexity index is 959. The van der Waals surface area contributed by atoms with Crippen LogP contribution in [0.3, 0.4) is 0 Å². The van der Waals surface area contributed by atoms with Crippen molar-refractivity contribution in [2.45, 2.75) is 69.6 Å². The number of thioether (sulfide) groups is 1. The number of aromatic nitrogens is 5. The normalized spacial score (nSPS) is 12.2. The van der Waals surface area contributed by atoms with E-state index in [4.69, 9.17) is 9.26 Å². The van der Waals surface area contributed by atoms with Gasteiger partial charge in [-0.05, 0) is 52.5 Å². The Kier molecular flexibility index (Phi) is 6.81. The molecule has 0 saturated carbocycles. The fourth-order valence-corrected chi connectivity index (χ4v) is 3.98. The molecule has 1 amide bonds. The fourth-order valence-electron chi connectivity index (χ4n) is 2.50. The van der Waals surface area contributed by atoms with Gasteiger partial charge in [0.15, 0.2) is 11.0 Å². The largest absolute Gasteiger partial charge is 0.444 e. The van der Waals surface area contributed by atoms with Crippen molar-refractivity contribution in [3.05, 3.63) is 40.4 Å². The minimum absolute atomic E-state index is 0.378. The van der Waals surface area contributed by atoms with Gasteiger partial charge < -0.3 is 19.1 Å². The number of ether oxygens (including phenoxy) is 1. The molecular weight excluding hydrogens is 424 g/mol. The third kappa shape index (κ3) is 6.30. The van der Waals surface area contributed by atoms with Crippen molar-refractivity contribution in [2.75, 3.05) is 0 Å². The number of rotatable bonds is 8. The zero-order chi connectivity index (χ0) is 21.8. The van der Waals surface area contributed by atoms with Crippen LogP contribution in [-0.2, 0) is 29.0 Å². The quantitative estimate of drug-likeness (QED) is 0.513. The Balaban J connectivity index is 1.56. The monoisotopic (exact) mass is 450 g/mol. The van der Waals surface area contributed by atoms with Crippen molar-refractivity contribution in [2.24, 2.45) is 0 Å². The Labute approximate surface area is 183 Å². The number of aryl methyl sites for hydroxylation is 2. The van der Waals surface area contributed by atoms with E-state index in [0.717, 1.165) is 18.1 Å². The number of thiophene rings is 1. The third-order valence-corrected chi connectivity index (χ3v) is 5.83. The molecule has 11 heteroatoms. The number of alkyl carbamates (subject to hydrolysis) is 1. The number of hydrogen-bond acceptors (Lipinski definition) is 9. The molecule has 0 aromatic carbocycles. The van der Waals surface area contributed by atoms with Crippen LogP contribution in [0, 0.1) is 0 Å². The maximum atomic E-state index is 12.1. The second-order valence-electron chi connectivity index (χ2n) is 8.19. The first kappa shape index (κ1) is 22.3. The average Bonchev–Trinajstić information content (AvgIpc) is 3.37. The van der Waals surface area contributed by atoms with Gasteiger partial charge in [0, 0.05) is 11.4 Å². The summed E-state index contributed by atoms with van der Waals surface area (Å²) in [6.45, 7) is 9.81. The summed E-state index contributed by atoms with van der Waals surface area (Å²) in [7, 11) is 0. The molecule has 1 N–H and O–H groups in total. The predicted octanol–water partition coefficient (Wildman–Crippen LogP) is 4.02. The van der Waals surface area contributed by atoms with Crippen molar-refractivity contribution in [1.29, 1.82) is 0 Å². The topological polar surface area (TPSA) is 108 Å². The van der Waals surface area contributed by atoms with E-state index in [1.54, 1.807) is 31.5 Å². The molecule has 0 aliphatic rings. The molecule has 3 rings (SSSR count). The van der Waals surface area contributed by atoms with Crippen LogP contribution in [0.5, 0.6) is 0 Å². The number of nitrogens with zero attached hydrogens (tertiary/aromatic N) is 5. The van der Waals surface area contributed by atoms with Gasteiger partial charge in [-0.3, -0.25) is 0 Å². The summed E-state index contributed by atoms with van der Waals surface area (Å²) in [4.78, 5) is 17.8. The summed E-state index contributed by atoms with van der Waals surface area (Å²) < 4.78 is 12.7. The number of hydrogen-bond donors (Lipinski definition) is 1.